The highest BCUT2D eigenvalue weighted by Gasteiger charge is 2.37. The number of carbonyl (C=O) groups is 2. The van der Waals surface area contributed by atoms with E-state index in [0.29, 0.717) is 13.0 Å². The molecule has 1 atom stereocenters. The number of esters is 1. The highest BCUT2D eigenvalue weighted by atomic mass is 28.4. The van der Waals surface area contributed by atoms with E-state index in [1.165, 1.54) is 0 Å². The van der Waals surface area contributed by atoms with Crippen LogP contribution in [-0.4, -0.2) is 38.6 Å². The number of alkyl carbamates (subject to hydrolysis) is 1. The lowest BCUT2D eigenvalue weighted by molar-refractivity contribution is -0.145. The molecular formula is C23H39NO5Si. The number of nitrogens with one attached hydrogen (secondary N) is 1. The molecule has 7 heteroatoms. The second kappa shape index (κ2) is 11.0. The van der Waals surface area contributed by atoms with Crippen molar-refractivity contribution in [1.29, 1.82) is 0 Å². The molecule has 0 bridgehead atoms. The zero-order valence-corrected chi connectivity index (χ0v) is 20.8. The zero-order chi connectivity index (χ0) is 23.0. The molecule has 0 saturated carbocycles. The van der Waals surface area contributed by atoms with Gasteiger partial charge < -0.3 is 19.2 Å². The summed E-state index contributed by atoms with van der Waals surface area (Å²) < 4.78 is 17.0. The van der Waals surface area contributed by atoms with Gasteiger partial charge in [0.2, 0.25) is 0 Å². The number of hydrogen-bond donors (Lipinski definition) is 1. The number of benzene rings is 1. The lowest BCUT2D eigenvalue weighted by Crippen LogP contribution is -2.47. The van der Waals surface area contributed by atoms with Crippen molar-refractivity contribution in [2.24, 2.45) is 0 Å². The van der Waals surface area contributed by atoms with Gasteiger partial charge in [0.1, 0.15) is 12.2 Å². The fraction of sp³-hybridized carbons (Fsp3) is 0.652. The third-order valence-electron chi connectivity index (χ3n) is 5.11. The second-order valence-corrected chi connectivity index (χ2v) is 14.9. The number of rotatable bonds is 9. The summed E-state index contributed by atoms with van der Waals surface area (Å²) in [5.74, 6) is -0.304. The van der Waals surface area contributed by atoms with Crippen molar-refractivity contribution in [3.8, 4) is 0 Å². The summed E-state index contributed by atoms with van der Waals surface area (Å²) in [5.41, 5.74) is 0.347. The Kier molecular flexibility index (Phi) is 9.56. The minimum absolute atomic E-state index is 0.0537. The number of amides is 1. The molecule has 1 amide bonds. The highest BCUT2D eigenvalue weighted by Crippen LogP contribution is 2.36. The maximum Gasteiger partial charge on any atom is 0.407 e. The maximum atomic E-state index is 12.3. The van der Waals surface area contributed by atoms with Crippen LogP contribution in [0.25, 0.3) is 0 Å². The summed E-state index contributed by atoms with van der Waals surface area (Å²) in [4.78, 5) is 24.4. The van der Waals surface area contributed by atoms with Crippen molar-refractivity contribution in [1.82, 2.24) is 5.32 Å². The number of ether oxygens (including phenoxy) is 2. The van der Waals surface area contributed by atoms with Crippen LogP contribution < -0.4 is 5.32 Å². The summed E-state index contributed by atoms with van der Waals surface area (Å²) >= 11 is 0. The summed E-state index contributed by atoms with van der Waals surface area (Å²) in [6.07, 6.45) is 0.0966. The molecule has 1 aromatic carbocycles. The van der Waals surface area contributed by atoms with Crippen molar-refractivity contribution in [3.05, 3.63) is 35.9 Å². The molecular weight excluding hydrogens is 398 g/mol. The summed E-state index contributed by atoms with van der Waals surface area (Å²) in [5, 5.41) is 2.91. The van der Waals surface area contributed by atoms with Gasteiger partial charge in [0.05, 0.1) is 12.6 Å². The predicted molar refractivity (Wildman–Crippen MR) is 122 cm³/mol. The third kappa shape index (κ3) is 10.3. The van der Waals surface area contributed by atoms with Gasteiger partial charge in [-0.15, -0.1) is 0 Å². The third-order valence-corrected chi connectivity index (χ3v) is 9.61. The Morgan fingerprint density at radius 1 is 1.03 bits per heavy atom. The van der Waals surface area contributed by atoms with E-state index in [-0.39, 0.29) is 30.1 Å². The van der Waals surface area contributed by atoms with E-state index in [0.717, 1.165) is 5.56 Å². The Balaban J connectivity index is 2.65. The molecule has 0 heterocycles. The Hall–Kier alpha value is -1.86. The van der Waals surface area contributed by atoms with E-state index in [1.54, 1.807) is 0 Å². The van der Waals surface area contributed by atoms with Gasteiger partial charge in [-0.25, -0.2) is 4.79 Å². The molecule has 1 aromatic rings. The quantitative estimate of drug-likeness (QED) is 0.412. The normalized spacial score (nSPS) is 13.5. The van der Waals surface area contributed by atoms with Gasteiger partial charge in [0.25, 0.3) is 0 Å². The molecule has 0 aromatic heterocycles. The first-order chi connectivity index (χ1) is 13.7. The molecule has 1 rings (SSSR count). The molecule has 0 aliphatic heterocycles. The smallest absolute Gasteiger partial charge is 0.407 e. The van der Waals surface area contributed by atoms with E-state index in [9.17, 15) is 9.59 Å². The van der Waals surface area contributed by atoms with E-state index in [2.05, 4.69) is 39.2 Å². The van der Waals surface area contributed by atoms with E-state index < -0.39 is 20.0 Å². The molecule has 0 aliphatic rings. The van der Waals surface area contributed by atoms with Crippen molar-refractivity contribution in [2.75, 3.05) is 6.61 Å². The van der Waals surface area contributed by atoms with Crippen molar-refractivity contribution < 1.29 is 23.5 Å². The van der Waals surface area contributed by atoms with Gasteiger partial charge in [-0.05, 0) is 50.9 Å². The molecule has 0 radical (unpaired) electrons. The summed E-state index contributed by atoms with van der Waals surface area (Å²) in [6, 6.07) is 9.21. The second-order valence-electron chi connectivity index (χ2n) is 10.1. The van der Waals surface area contributed by atoms with E-state index in [4.69, 9.17) is 13.9 Å². The maximum absolute atomic E-state index is 12.3. The number of carbonyl (C=O) groups excluding carboxylic acids is 2. The van der Waals surface area contributed by atoms with Crippen LogP contribution in [-0.2, 0) is 25.3 Å². The molecule has 0 saturated heterocycles. The Bertz CT molecular complexity index is 677. The van der Waals surface area contributed by atoms with Crippen molar-refractivity contribution >= 4 is 20.4 Å². The molecule has 0 aliphatic carbocycles. The van der Waals surface area contributed by atoms with Gasteiger partial charge >= 0.3 is 12.1 Å². The molecule has 170 valence electrons. The standard InChI is InChI=1S/C23H39NO5Si/c1-22(2,3)29-21(26)24-19(17-28-30(7,8)23(4,5)6)14-15-20(25)27-16-18-12-10-9-11-13-18/h9-13,19H,14-17H2,1-8H3,(H,24,26)/t19-/m0/s1. The molecule has 30 heavy (non-hydrogen) atoms. The SMILES string of the molecule is CC(C)(C)OC(=O)N[C@@H](CCC(=O)OCc1ccccc1)CO[Si](C)(C)C(C)(C)C. The predicted octanol–water partition coefficient (Wildman–Crippen LogP) is 5.43. The fourth-order valence-corrected chi connectivity index (χ4v) is 3.35. The first-order valence-electron chi connectivity index (χ1n) is 10.5. The van der Waals surface area contributed by atoms with Gasteiger partial charge in [0, 0.05) is 6.42 Å². The van der Waals surface area contributed by atoms with E-state index >= 15 is 0 Å². The van der Waals surface area contributed by atoms with Crippen LogP contribution in [0.2, 0.25) is 18.1 Å². The number of hydrogen-bond acceptors (Lipinski definition) is 5. The Labute approximate surface area is 182 Å². The van der Waals surface area contributed by atoms with Gasteiger partial charge in [-0.3, -0.25) is 4.79 Å². The average molecular weight is 438 g/mol. The first-order valence-corrected chi connectivity index (χ1v) is 13.4. The average Bonchev–Trinajstić information content (AvgIpc) is 2.60. The van der Waals surface area contributed by atoms with Crippen molar-refractivity contribution in [3.63, 3.8) is 0 Å². The monoisotopic (exact) mass is 437 g/mol. The lowest BCUT2D eigenvalue weighted by Gasteiger charge is -2.37. The van der Waals surface area contributed by atoms with Crippen LogP contribution >= 0.6 is 0 Å². The Morgan fingerprint density at radius 3 is 2.17 bits per heavy atom. The van der Waals surface area contributed by atoms with Gasteiger partial charge in [0.15, 0.2) is 8.32 Å². The molecule has 6 nitrogen and oxygen atoms in total. The first kappa shape index (κ1) is 26.2. The zero-order valence-electron chi connectivity index (χ0n) is 19.8. The molecule has 0 fully saturated rings. The van der Waals surface area contributed by atoms with Crippen LogP contribution in [0.15, 0.2) is 30.3 Å². The topological polar surface area (TPSA) is 73.9 Å². The lowest BCUT2D eigenvalue weighted by atomic mass is 10.1. The van der Waals surface area contributed by atoms with E-state index in [1.807, 2.05) is 51.1 Å². The molecule has 0 spiro atoms. The van der Waals surface area contributed by atoms with Crippen molar-refractivity contribution in [2.45, 2.75) is 90.8 Å². The van der Waals surface area contributed by atoms with Gasteiger partial charge in [-0.2, -0.15) is 0 Å². The van der Waals surface area contributed by atoms with Crippen LogP contribution in [0.4, 0.5) is 4.79 Å². The fourth-order valence-electron chi connectivity index (χ4n) is 2.30. The highest BCUT2D eigenvalue weighted by molar-refractivity contribution is 6.74. The minimum atomic E-state index is -1.99. The molecule has 0 unspecified atom stereocenters. The summed E-state index contributed by atoms with van der Waals surface area (Å²) in [7, 11) is -1.99. The van der Waals surface area contributed by atoms with Gasteiger partial charge in [-0.1, -0.05) is 51.1 Å². The minimum Gasteiger partial charge on any atom is -0.461 e. The van der Waals surface area contributed by atoms with Crippen LogP contribution in [0.1, 0.15) is 59.9 Å². The van der Waals surface area contributed by atoms with Crippen LogP contribution in [0, 0.1) is 0 Å². The Morgan fingerprint density at radius 2 is 1.63 bits per heavy atom. The van der Waals surface area contributed by atoms with Crippen LogP contribution in [0.5, 0.6) is 0 Å². The summed E-state index contributed by atoms with van der Waals surface area (Å²) in [6.45, 7) is 16.8. The van der Waals surface area contributed by atoms with Crippen LogP contribution in [0.3, 0.4) is 0 Å². The molecule has 1 N–H and O–H groups in total. The largest absolute Gasteiger partial charge is 0.461 e.